The Balaban J connectivity index is 1.56. The van der Waals surface area contributed by atoms with E-state index in [-0.39, 0.29) is 16.8 Å². The topological polar surface area (TPSA) is 84.5 Å². The van der Waals surface area contributed by atoms with Gasteiger partial charge in [-0.2, -0.15) is 0 Å². The van der Waals surface area contributed by atoms with Crippen molar-refractivity contribution in [3.63, 3.8) is 0 Å². The highest BCUT2D eigenvalue weighted by molar-refractivity contribution is 7.89. The van der Waals surface area contributed by atoms with Crippen LogP contribution in [0.5, 0.6) is 5.75 Å². The minimum absolute atomic E-state index is 0.0101. The van der Waals surface area contributed by atoms with E-state index in [0.717, 1.165) is 37.0 Å². The monoisotopic (exact) mass is 428 g/mol. The Bertz CT molecular complexity index is 961. The fraction of sp³-hybridized carbons (Fsp3) is 0.348. The fourth-order valence-corrected chi connectivity index (χ4v) is 4.73. The lowest BCUT2D eigenvalue weighted by Gasteiger charge is -2.22. The van der Waals surface area contributed by atoms with Crippen LogP contribution in [0.4, 0.5) is 5.69 Å². The van der Waals surface area contributed by atoms with Crippen molar-refractivity contribution in [1.29, 1.82) is 0 Å². The predicted molar refractivity (Wildman–Crippen MR) is 119 cm³/mol. The number of hydrogen-bond donors (Lipinski definition) is 2. The van der Waals surface area contributed by atoms with Crippen molar-refractivity contribution in [1.82, 2.24) is 4.72 Å². The summed E-state index contributed by atoms with van der Waals surface area (Å²) in [5.74, 6) is 0.493. The number of hydrogen-bond acceptors (Lipinski definition) is 4. The molecule has 1 amide bonds. The zero-order valence-corrected chi connectivity index (χ0v) is 18.0. The summed E-state index contributed by atoms with van der Waals surface area (Å²) >= 11 is 0. The van der Waals surface area contributed by atoms with Crippen LogP contribution in [-0.2, 0) is 14.8 Å². The van der Waals surface area contributed by atoms with Crippen molar-refractivity contribution >= 4 is 27.7 Å². The first-order valence-electron chi connectivity index (χ1n) is 10.3. The van der Waals surface area contributed by atoms with Crippen molar-refractivity contribution in [3.05, 3.63) is 60.2 Å². The lowest BCUT2D eigenvalue weighted by molar-refractivity contribution is -0.111. The molecular formula is C23H28N2O4S. The first-order chi connectivity index (χ1) is 14.5. The Kier molecular flexibility index (Phi) is 7.65. The maximum absolute atomic E-state index is 12.5. The minimum atomic E-state index is -3.55. The number of nitrogens with one attached hydrogen (secondary N) is 2. The molecule has 1 fully saturated rings. The third-order valence-electron chi connectivity index (χ3n) is 4.98. The smallest absolute Gasteiger partial charge is 0.248 e. The molecule has 2 aromatic carbocycles. The molecule has 30 heavy (non-hydrogen) atoms. The first kappa shape index (κ1) is 22.1. The highest BCUT2D eigenvalue weighted by Crippen LogP contribution is 2.21. The van der Waals surface area contributed by atoms with Gasteiger partial charge in [0.15, 0.2) is 0 Å². The lowest BCUT2D eigenvalue weighted by Crippen LogP contribution is -2.36. The Labute approximate surface area is 178 Å². The van der Waals surface area contributed by atoms with Gasteiger partial charge in [-0.15, -0.1) is 0 Å². The first-order valence-corrected chi connectivity index (χ1v) is 11.8. The number of ether oxygens (including phenoxy) is 1. The lowest BCUT2D eigenvalue weighted by atomic mass is 9.96. The number of amides is 1. The van der Waals surface area contributed by atoms with Gasteiger partial charge in [-0.25, -0.2) is 13.1 Å². The number of benzene rings is 2. The van der Waals surface area contributed by atoms with Gasteiger partial charge in [0.1, 0.15) is 5.75 Å². The maximum atomic E-state index is 12.5. The Hall–Kier alpha value is -2.64. The van der Waals surface area contributed by atoms with Crippen molar-refractivity contribution in [2.45, 2.75) is 50.0 Å². The standard InChI is InChI=1S/C23H28N2O4S/c1-2-29-21-13-8-18(9-14-21)10-17-23(26)24-19-11-15-22(16-12-19)30(27,28)25-20-6-4-3-5-7-20/h8-17,20,25H,2-7H2,1H3,(H,24,26)/b17-10+. The Morgan fingerprint density at radius 1 is 1.03 bits per heavy atom. The van der Waals surface area contributed by atoms with Gasteiger partial charge < -0.3 is 10.1 Å². The molecule has 1 saturated carbocycles. The average molecular weight is 429 g/mol. The number of carbonyl (C=O) groups is 1. The molecule has 0 heterocycles. The molecule has 1 aliphatic rings. The summed E-state index contributed by atoms with van der Waals surface area (Å²) in [6.45, 7) is 2.53. The van der Waals surface area contributed by atoms with Crippen molar-refractivity contribution in [3.8, 4) is 5.75 Å². The SMILES string of the molecule is CCOc1ccc(/C=C/C(=O)Nc2ccc(S(=O)(=O)NC3CCCCC3)cc2)cc1. The van der Waals surface area contributed by atoms with Gasteiger partial charge in [-0.05, 0) is 67.8 Å². The number of sulfonamides is 1. The normalized spacial score (nSPS) is 15.2. The van der Waals surface area contributed by atoms with Gasteiger partial charge in [0.25, 0.3) is 0 Å². The molecule has 0 radical (unpaired) electrons. The molecule has 0 bridgehead atoms. The fourth-order valence-electron chi connectivity index (χ4n) is 3.42. The molecule has 6 nitrogen and oxygen atoms in total. The summed E-state index contributed by atoms with van der Waals surface area (Å²) in [7, 11) is -3.55. The summed E-state index contributed by atoms with van der Waals surface area (Å²) in [5.41, 5.74) is 1.41. The van der Waals surface area contributed by atoms with E-state index >= 15 is 0 Å². The second kappa shape index (κ2) is 10.4. The summed E-state index contributed by atoms with van der Waals surface area (Å²) in [4.78, 5) is 12.4. The average Bonchev–Trinajstić information content (AvgIpc) is 2.74. The van der Waals surface area contributed by atoms with Crippen molar-refractivity contribution in [2.24, 2.45) is 0 Å². The van der Waals surface area contributed by atoms with Crippen LogP contribution in [0.1, 0.15) is 44.6 Å². The summed E-state index contributed by atoms with van der Waals surface area (Å²) in [6.07, 6.45) is 8.19. The van der Waals surface area contributed by atoms with Crippen molar-refractivity contribution < 1.29 is 17.9 Å². The minimum Gasteiger partial charge on any atom is -0.494 e. The van der Waals surface area contributed by atoms with Crippen LogP contribution in [0.2, 0.25) is 0 Å². The third kappa shape index (κ3) is 6.43. The van der Waals surface area contributed by atoms with E-state index in [9.17, 15) is 13.2 Å². The largest absolute Gasteiger partial charge is 0.494 e. The molecule has 0 spiro atoms. The van der Waals surface area contributed by atoms with Crippen LogP contribution in [0, 0.1) is 0 Å². The van der Waals surface area contributed by atoms with Crippen molar-refractivity contribution in [2.75, 3.05) is 11.9 Å². The molecule has 2 N–H and O–H groups in total. The molecule has 160 valence electrons. The predicted octanol–water partition coefficient (Wildman–Crippen LogP) is 4.35. The summed E-state index contributed by atoms with van der Waals surface area (Å²) < 4.78 is 33.3. The van der Waals surface area contributed by atoms with E-state index in [0.29, 0.717) is 12.3 Å². The molecule has 0 unspecified atom stereocenters. The van der Waals surface area contributed by atoms with E-state index in [2.05, 4.69) is 10.0 Å². The number of rotatable bonds is 8. The Morgan fingerprint density at radius 3 is 2.33 bits per heavy atom. The Morgan fingerprint density at radius 2 is 1.70 bits per heavy atom. The van der Waals surface area contributed by atoms with Gasteiger partial charge in [0, 0.05) is 17.8 Å². The third-order valence-corrected chi connectivity index (χ3v) is 6.51. The van der Waals surface area contributed by atoms with Gasteiger partial charge >= 0.3 is 0 Å². The second-order valence-corrected chi connectivity index (χ2v) is 9.02. The molecular weight excluding hydrogens is 400 g/mol. The van der Waals surface area contributed by atoms with Crippen LogP contribution in [0.3, 0.4) is 0 Å². The summed E-state index contributed by atoms with van der Waals surface area (Å²) in [5, 5.41) is 2.74. The molecule has 1 aliphatic carbocycles. The quantitative estimate of drug-likeness (QED) is 0.612. The van der Waals surface area contributed by atoms with E-state index < -0.39 is 10.0 Å². The highest BCUT2D eigenvalue weighted by Gasteiger charge is 2.21. The molecule has 0 aliphatic heterocycles. The van der Waals surface area contributed by atoms with Crippen LogP contribution >= 0.6 is 0 Å². The maximum Gasteiger partial charge on any atom is 0.248 e. The molecule has 0 atom stereocenters. The zero-order valence-electron chi connectivity index (χ0n) is 17.1. The van der Waals surface area contributed by atoms with Crippen LogP contribution < -0.4 is 14.8 Å². The zero-order chi connectivity index (χ0) is 21.4. The van der Waals surface area contributed by atoms with Crippen LogP contribution in [0.15, 0.2) is 59.5 Å². The van der Waals surface area contributed by atoms with Gasteiger partial charge in [-0.3, -0.25) is 4.79 Å². The highest BCUT2D eigenvalue weighted by atomic mass is 32.2. The molecule has 2 aromatic rings. The van der Waals surface area contributed by atoms with Gasteiger partial charge in [0.2, 0.25) is 15.9 Å². The molecule has 0 aromatic heterocycles. The van der Waals surface area contributed by atoms with Gasteiger partial charge in [0.05, 0.1) is 11.5 Å². The van der Waals surface area contributed by atoms with E-state index in [1.165, 1.54) is 24.6 Å². The summed E-state index contributed by atoms with van der Waals surface area (Å²) in [6, 6.07) is 13.7. The number of carbonyl (C=O) groups excluding carboxylic acids is 1. The van der Waals surface area contributed by atoms with Crippen LogP contribution in [0.25, 0.3) is 6.08 Å². The van der Waals surface area contributed by atoms with E-state index in [1.54, 1.807) is 18.2 Å². The van der Waals surface area contributed by atoms with Gasteiger partial charge in [-0.1, -0.05) is 31.4 Å². The molecule has 3 rings (SSSR count). The molecule has 7 heteroatoms. The van der Waals surface area contributed by atoms with Crippen LogP contribution in [-0.4, -0.2) is 27.0 Å². The van der Waals surface area contributed by atoms with E-state index in [1.807, 2.05) is 31.2 Å². The molecule has 0 saturated heterocycles. The number of anilines is 1. The van der Waals surface area contributed by atoms with E-state index in [4.69, 9.17) is 4.74 Å². The second-order valence-electron chi connectivity index (χ2n) is 7.31.